The average Bonchev–Trinajstić information content (AvgIpc) is 3.00. The molecular weight excluding hydrogens is 252 g/mol. The zero-order valence-corrected chi connectivity index (χ0v) is 12.2. The normalized spacial score (nSPS) is 26.4. The van der Waals surface area contributed by atoms with E-state index in [1.54, 1.807) is 0 Å². The van der Waals surface area contributed by atoms with Crippen molar-refractivity contribution in [3.05, 3.63) is 29.3 Å². The second kappa shape index (κ2) is 5.19. The number of likely N-dealkylation sites (N-methyl/N-ethyl adjacent to an activating group) is 1. The van der Waals surface area contributed by atoms with Gasteiger partial charge in [-0.15, -0.1) is 0 Å². The minimum Gasteiger partial charge on any atom is -0.373 e. The Hall–Kier alpha value is -1.39. The van der Waals surface area contributed by atoms with Crippen molar-refractivity contribution in [3.63, 3.8) is 0 Å². The van der Waals surface area contributed by atoms with E-state index in [2.05, 4.69) is 36.6 Å². The van der Waals surface area contributed by atoms with Crippen LogP contribution < -0.4 is 10.6 Å². The number of carbonyl (C=O) groups is 1. The molecule has 1 amide bonds. The van der Waals surface area contributed by atoms with Crippen LogP contribution in [0.4, 0.5) is 5.69 Å². The van der Waals surface area contributed by atoms with Crippen molar-refractivity contribution in [2.45, 2.75) is 44.8 Å². The van der Waals surface area contributed by atoms with E-state index in [1.807, 2.05) is 6.07 Å². The Kier molecular flexibility index (Phi) is 3.52. The highest BCUT2D eigenvalue weighted by atomic mass is 16.5. The van der Waals surface area contributed by atoms with Gasteiger partial charge in [0, 0.05) is 12.3 Å². The minimum absolute atomic E-state index is 0.0838. The summed E-state index contributed by atoms with van der Waals surface area (Å²) in [5, 5.41) is 6.44. The predicted molar refractivity (Wildman–Crippen MR) is 78.8 cm³/mol. The minimum atomic E-state index is -0.152. The lowest BCUT2D eigenvalue weighted by molar-refractivity contribution is -0.115. The van der Waals surface area contributed by atoms with E-state index in [1.165, 1.54) is 5.56 Å². The maximum atomic E-state index is 11.5. The number of carbonyl (C=O) groups excluding carboxylic acids is 1. The fraction of sp³-hybridized carbons (Fsp3) is 0.562. The molecule has 1 aromatic rings. The number of rotatable bonds is 4. The summed E-state index contributed by atoms with van der Waals surface area (Å²) in [6, 6.07) is 6.44. The van der Waals surface area contributed by atoms with Gasteiger partial charge in [0.05, 0.1) is 18.1 Å². The lowest BCUT2D eigenvalue weighted by Crippen LogP contribution is -2.41. The first-order valence-corrected chi connectivity index (χ1v) is 7.42. The van der Waals surface area contributed by atoms with Crippen LogP contribution in [0, 0.1) is 0 Å². The second-order valence-corrected chi connectivity index (χ2v) is 5.90. The summed E-state index contributed by atoms with van der Waals surface area (Å²) in [7, 11) is 0. The molecular formula is C16H22N2O2. The topological polar surface area (TPSA) is 50.4 Å². The van der Waals surface area contributed by atoms with Crippen LogP contribution >= 0.6 is 0 Å². The predicted octanol–water partition coefficient (Wildman–Crippen LogP) is 2.40. The summed E-state index contributed by atoms with van der Waals surface area (Å²) in [4.78, 5) is 11.5. The number of hydrogen-bond acceptors (Lipinski definition) is 3. The van der Waals surface area contributed by atoms with Gasteiger partial charge in [-0.05, 0) is 43.5 Å². The molecule has 4 heteroatoms. The third kappa shape index (κ3) is 2.34. The van der Waals surface area contributed by atoms with Gasteiger partial charge in [0.15, 0.2) is 0 Å². The van der Waals surface area contributed by atoms with Crippen molar-refractivity contribution < 1.29 is 9.53 Å². The Morgan fingerprint density at radius 3 is 3.05 bits per heavy atom. The molecule has 0 bridgehead atoms. The molecule has 108 valence electrons. The van der Waals surface area contributed by atoms with E-state index < -0.39 is 0 Å². The zero-order valence-electron chi connectivity index (χ0n) is 12.2. The van der Waals surface area contributed by atoms with Gasteiger partial charge in [-0.25, -0.2) is 0 Å². The number of nitrogens with one attached hydrogen (secondary N) is 2. The molecule has 3 rings (SSSR count). The van der Waals surface area contributed by atoms with Crippen LogP contribution in [0.2, 0.25) is 0 Å². The number of benzene rings is 1. The fourth-order valence-electron chi connectivity index (χ4n) is 3.35. The first-order valence-electron chi connectivity index (χ1n) is 7.42. The van der Waals surface area contributed by atoms with Gasteiger partial charge >= 0.3 is 0 Å². The summed E-state index contributed by atoms with van der Waals surface area (Å²) in [6.07, 6.45) is 2.67. The van der Waals surface area contributed by atoms with Crippen LogP contribution in [0.1, 0.15) is 43.9 Å². The largest absolute Gasteiger partial charge is 0.373 e. The highest BCUT2D eigenvalue weighted by Crippen LogP contribution is 2.38. The Morgan fingerprint density at radius 2 is 2.35 bits per heavy atom. The van der Waals surface area contributed by atoms with E-state index in [4.69, 9.17) is 4.74 Å². The molecule has 1 aromatic carbocycles. The monoisotopic (exact) mass is 274 g/mol. The highest BCUT2D eigenvalue weighted by molar-refractivity contribution is 5.99. The third-order valence-electron chi connectivity index (χ3n) is 4.36. The maximum Gasteiger partial charge on any atom is 0.228 e. The van der Waals surface area contributed by atoms with Gasteiger partial charge < -0.3 is 15.4 Å². The summed E-state index contributed by atoms with van der Waals surface area (Å²) >= 11 is 0. The molecule has 1 fully saturated rings. The number of anilines is 1. The molecule has 1 saturated heterocycles. The first-order chi connectivity index (χ1) is 9.62. The van der Waals surface area contributed by atoms with Crippen LogP contribution in [-0.4, -0.2) is 24.7 Å². The van der Waals surface area contributed by atoms with Crippen molar-refractivity contribution in [3.8, 4) is 0 Å². The molecule has 2 atom stereocenters. The summed E-state index contributed by atoms with van der Waals surface area (Å²) < 4.78 is 6.00. The van der Waals surface area contributed by atoms with Gasteiger partial charge in [0.25, 0.3) is 0 Å². The molecule has 0 radical (unpaired) electrons. The first kappa shape index (κ1) is 13.6. The quantitative estimate of drug-likeness (QED) is 0.886. The molecule has 0 spiro atoms. The van der Waals surface area contributed by atoms with Crippen LogP contribution in [0.3, 0.4) is 0 Å². The zero-order chi connectivity index (χ0) is 14.2. The van der Waals surface area contributed by atoms with Crippen molar-refractivity contribution in [2.75, 3.05) is 18.5 Å². The molecule has 0 saturated carbocycles. The van der Waals surface area contributed by atoms with Crippen LogP contribution in [0.15, 0.2) is 18.2 Å². The summed E-state index contributed by atoms with van der Waals surface area (Å²) in [5.74, 6) is 0.0838. The molecule has 0 aromatic heterocycles. The number of amides is 1. The van der Waals surface area contributed by atoms with Crippen LogP contribution in [0.5, 0.6) is 0 Å². The Morgan fingerprint density at radius 1 is 1.50 bits per heavy atom. The Balaban J connectivity index is 1.92. The van der Waals surface area contributed by atoms with Crippen molar-refractivity contribution in [1.82, 2.24) is 5.32 Å². The van der Waals surface area contributed by atoms with Crippen molar-refractivity contribution in [2.24, 2.45) is 0 Å². The van der Waals surface area contributed by atoms with E-state index >= 15 is 0 Å². The van der Waals surface area contributed by atoms with Gasteiger partial charge in [0.1, 0.15) is 0 Å². The number of ether oxygens (including phenoxy) is 1. The standard InChI is InChI=1S/C16H22N2O2/c1-3-17-15(16(2)7-4-8-20-16)11-5-6-13-12(9-11)10-14(19)18-13/h5-6,9,15,17H,3-4,7-8,10H2,1-2H3,(H,18,19). The molecule has 2 unspecified atom stereocenters. The fourth-order valence-corrected chi connectivity index (χ4v) is 3.35. The van der Waals surface area contributed by atoms with Gasteiger partial charge in [0.2, 0.25) is 5.91 Å². The average molecular weight is 274 g/mol. The lowest BCUT2D eigenvalue weighted by Gasteiger charge is -2.34. The number of hydrogen-bond donors (Lipinski definition) is 2. The second-order valence-electron chi connectivity index (χ2n) is 5.90. The third-order valence-corrected chi connectivity index (χ3v) is 4.36. The van der Waals surface area contributed by atoms with E-state index in [-0.39, 0.29) is 17.6 Å². The van der Waals surface area contributed by atoms with E-state index in [9.17, 15) is 4.79 Å². The van der Waals surface area contributed by atoms with Crippen molar-refractivity contribution >= 4 is 11.6 Å². The molecule has 2 N–H and O–H groups in total. The molecule has 2 aliphatic heterocycles. The highest BCUT2D eigenvalue weighted by Gasteiger charge is 2.39. The van der Waals surface area contributed by atoms with Gasteiger partial charge in [-0.2, -0.15) is 0 Å². The van der Waals surface area contributed by atoms with Crippen LogP contribution in [0.25, 0.3) is 0 Å². The summed E-state index contributed by atoms with van der Waals surface area (Å²) in [5.41, 5.74) is 3.11. The maximum absolute atomic E-state index is 11.5. The van der Waals surface area contributed by atoms with Crippen molar-refractivity contribution in [1.29, 1.82) is 0 Å². The summed E-state index contributed by atoms with van der Waals surface area (Å²) in [6.45, 7) is 6.04. The molecule has 4 nitrogen and oxygen atoms in total. The van der Waals surface area contributed by atoms with Gasteiger partial charge in [-0.3, -0.25) is 4.79 Å². The molecule has 2 aliphatic rings. The van der Waals surface area contributed by atoms with E-state index in [0.29, 0.717) is 6.42 Å². The Bertz CT molecular complexity index is 521. The van der Waals surface area contributed by atoms with Gasteiger partial charge in [-0.1, -0.05) is 19.1 Å². The smallest absolute Gasteiger partial charge is 0.228 e. The lowest BCUT2D eigenvalue weighted by atomic mass is 9.86. The number of fused-ring (bicyclic) bond motifs is 1. The molecule has 20 heavy (non-hydrogen) atoms. The van der Waals surface area contributed by atoms with Crippen LogP contribution in [-0.2, 0) is 16.0 Å². The molecule has 0 aliphatic carbocycles. The Labute approximate surface area is 119 Å². The SMILES string of the molecule is CCNC(c1ccc2c(c1)CC(=O)N2)C1(C)CCCO1. The van der Waals surface area contributed by atoms with E-state index in [0.717, 1.165) is 37.2 Å². The molecule has 2 heterocycles.